The highest BCUT2D eigenvalue weighted by Crippen LogP contribution is 2.43. The van der Waals surface area contributed by atoms with Crippen molar-refractivity contribution in [3.05, 3.63) is 97.2 Å². The normalized spacial score (nSPS) is 14.2. The molecule has 0 rings (SSSR count). The fraction of sp³-hybridized carbons (Fsp3) is 0.617. The summed E-state index contributed by atoms with van der Waals surface area (Å²) in [5.41, 5.74) is 5.34. The molecule has 0 aliphatic rings. The number of hydrogen-bond donors (Lipinski definition) is 2. The summed E-state index contributed by atoms with van der Waals surface area (Å²) in [5.74, 6) is -0.996. The number of nitrogens with two attached hydrogens (primary N) is 1. The first-order valence-corrected chi connectivity index (χ1v) is 23.2. The van der Waals surface area contributed by atoms with Crippen LogP contribution in [0.1, 0.15) is 155 Å². The maximum absolute atomic E-state index is 12.5. The largest absolute Gasteiger partial charge is 0.472 e. The summed E-state index contributed by atoms with van der Waals surface area (Å²) >= 11 is 0. The highest BCUT2D eigenvalue weighted by atomic mass is 31.2. The van der Waals surface area contributed by atoms with Crippen molar-refractivity contribution in [2.24, 2.45) is 5.73 Å². The van der Waals surface area contributed by atoms with Crippen molar-refractivity contribution in [2.45, 2.75) is 161 Å². The average molecular weight is 816 g/mol. The van der Waals surface area contributed by atoms with Crippen LogP contribution in [-0.4, -0.2) is 49.3 Å². The van der Waals surface area contributed by atoms with Gasteiger partial charge in [-0.05, 0) is 83.5 Å². The first-order chi connectivity index (χ1) is 27.8. The van der Waals surface area contributed by atoms with Crippen molar-refractivity contribution in [3.63, 3.8) is 0 Å². The van der Waals surface area contributed by atoms with Gasteiger partial charge in [0.2, 0.25) is 0 Å². The fourth-order valence-electron chi connectivity index (χ4n) is 5.22. The molecular weight excluding hydrogens is 737 g/mol. The summed E-state index contributed by atoms with van der Waals surface area (Å²) in [7, 11) is -4.41. The van der Waals surface area contributed by atoms with E-state index in [4.69, 9.17) is 24.3 Å². The Labute approximate surface area is 346 Å². The lowest BCUT2D eigenvalue weighted by molar-refractivity contribution is -0.161. The topological polar surface area (TPSA) is 134 Å². The third kappa shape index (κ3) is 42.4. The SMILES string of the molecule is CCCCCC=CCC=CCC=CCC=CCC=CCCC(=O)OC(COC(=O)CCCC=CCC=CCC=CCCCCCCCC)COP(=O)(O)OCCN. The van der Waals surface area contributed by atoms with Gasteiger partial charge >= 0.3 is 19.8 Å². The molecule has 9 nitrogen and oxygen atoms in total. The van der Waals surface area contributed by atoms with E-state index in [9.17, 15) is 19.0 Å². The molecule has 0 fully saturated rings. The Balaban J connectivity index is 4.39. The molecule has 10 heteroatoms. The smallest absolute Gasteiger partial charge is 0.462 e. The number of allylic oxidation sites excluding steroid dienone is 16. The molecule has 0 amide bonds. The lowest BCUT2D eigenvalue weighted by atomic mass is 10.1. The number of phosphoric ester groups is 1. The number of ether oxygens (including phenoxy) is 2. The average Bonchev–Trinajstić information content (AvgIpc) is 3.20. The Morgan fingerprint density at radius 3 is 1.46 bits per heavy atom. The van der Waals surface area contributed by atoms with Gasteiger partial charge in [0.25, 0.3) is 0 Å². The van der Waals surface area contributed by atoms with Crippen LogP contribution < -0.4 is 5.73 Å². The van der Waals surface area contributed by atoms with E-state index in [-0.39, 0.29) is 32.6 Å². The summed E-state index contributed by atoms with van der Waals surface area (Å²) in [4.78, 5) is 34.8. The number of carbonyl (C=O) groups excluding carboxylic acids is 2. The number of unbranched alkanes of at least 4 members (excludes halogenated alkanes) is 10. The van der Waals surface area contributed by atoms with Crippen LogP contribution in [0.4, 0.5) is 0 Å². The lowest BCUT2D eigenvalue weighted by Crippen LogP contribution is -2.29. The minimum Gasteiger partial charge on any atom is -0.462 e. The molecule has 0 saturated carbocycles. The van der Waals surface area contributed by atoms with Gasteiger partial charge in [-0.25, -0.2) is 4.57 Å². The minimum atomic E-state index is -4.41. The Hall–Kier alpha value is -3.07. The second-order valence-electron chi connectivity index (χ2n) is 13.8. The van der Waals surface area contributed by atoms with Gasteiger partial charge in [-0.3, -0.25) is 18.6 Å². The monoisotopic (exact) mass is 816 g/mol. The third-order valence-corrected chi connectivity index (χ3v) is 9.44. The van der Waals surface area contributed by atoms with E-state index >= 15 is 0 Å². The molecule has 324 valence electrons. The van der Waals surface area contributed by atoms with E-state index in [1.807, 2.05) is 18.2 Å². The van der Waals surface area contributed by atoms with E-state index < -0.39 is 32.5 Å². The molecule has 0 saturated heterocycles. The van der Waals surface area contributed by atoms with Crippen molar-refractivity contribution < 1.29 is 37.6 Å². The van der Waals surface area contributed by atoms with Crippen molar-refractivity contribution in [1.29, 1.82) is 0 Å². The van der Waals surface area contributed by atoms with Gasteiger partial charge < -0.3 is 20.1 Å². The van der Waals surface area contributed by atoms with E-state index in [0.29, 0.717) is 12.8 Å². The molecule has 57 heavy (non-hydrogen) atoms. The summed E-state index contributed by atoms with van der Waals surface area (Å²) in [6.45, 7) is 3.53. The molecule has 0 aliphatic heterocycles. The van der Waals surface area contributed by atoms with Gasteiger partial charge in [0.15, 0.2) is 6.10 Å². The predicted octanol–water partition coefficient (Wildman–Crippen LogP) is 12.6. The Morgan fingerprint density at radius 2 is 0.947 bits per heavy atom. The molecule has 0 spiro atoms. The van der Waals surface area contributed by atoms with Crippen molar-refractivity contribution >= 4 is 19.8 Å². The molecule has 0 aromatic carbocycles. The van der Waals surface area contributed by atoms with Gasteiger partial charge in [-0.2, -0.15) is 0 Å². The van der Waals surface area contributed by atoms with E-state index in [1.165, 1.54) is 64.2 Å². The zero-order valence-electron chi connectivity index (χ0n) is 35.5. The number of esters is 2. The van der Waals surface area contributed by atoms with Gasteiger partial charge in [-0.15, -0.1) is 0 Å². The molecule has 0 radical (unpaired) electrons. The van der Waals surface area contributed by atoms with E-state index in [0.717, 1.165) is 51.4 Å². The van der Waals surface area contributed by atoms with Crippen LogP contribution in [0.15, 0.2) is 97.2 Å². The van der Waals surface area contributed by atoms with Crippen LogP contribution in [0.2, 0.25) is 0 Å². The molecule has 0 aromatic rings. The molecule has 0 aliphatic carbocycles. The van der Waals surface area contributed by atoms with Crippen LogP contribution in [0.5, 0.6) is 0 Å². The van der Waals surface area contributed by atoms with Gasteiger partial charge in [0.05, 0.1) is 13.2 Å². The van der Waals surface area contributed by atoms with Crippen LogP contribution in [-0.2, 0) is 32.7 Å². The standard InChI is InChI=1S/C47H78NO8P/c1-3-5-7-9-11-13-15-17-19-21-22-24-26-28-30-32-34-36-38-40-47(50)56-45(44-55-57(51,52)54-42-41-48)43-53-46(49)39-37-35-33-31-29-27-25-23-20-18-16-14-12-10-8-6-4-2/h11,13,17-20,22,24-25,27-28,30-31,33-34,36,45H,3-10,12,14-16,21,23,26,29,32,35,37-44,48H2,1-2H3,(H,51,52). The van der Waals surface area contributed by atoms with Gasteiger partial charge in [0.1, 0.15) is 6.61 Å². The molecule has 2 atom stereocenters. The number of hydrogen-bond acceptors (Lipinski definition) is 8. The van der Waals surface area contributed by atoms with Crippen LogP contribution in [0.25, 0.3) is 0 Å². The van der Waals surface area contributed by atoms with Gasteiger partial charge in [0, 0.05) is 19.4 Å². The van der Waals surface area contributed by atoms with E-state index in [1.54, 1.807) is 0 Å². The summed E-state index contributed by atoms with van der Waals surface area (Å²) in [5, 5.41) is 0. The van der Waals surface area contributed by atoms with Crippen molar-refractivity contribution in [3.8, 4) is 0 Å². The first-order valence-electron chi connectivity index (χ1n) is 21.7. The maximum Gasteiger partial charge on any atom is 0.472 e. The number of rotatable bonds is 39. The number of carbonyl (C=O) groups is 2. The van der Waals surface area contributed by atoms with E-state index in [2.05, 4.69) is 92.8 Å². The first kappa shape index (κ1) is 53.9. The fourth-order valence-corrected chi connectivity index (χ4v) is 5.98. The van der Waals surface area contributed by atoms with Gasteiger partial charge in [-0.1, -0.05) is 156 Å². The quantitative estimate of drug-likeness (QED) is 0.0269. The molecular formula is C47H78NO8P. The zero-order chi connectivity index (χ0) is 41.8. The van der Waals surface area contributed by atoms with Crippen molar-refractivity contribution in [2.75, 3.05) is 26.4 Å². The second kappa shape index (κ2) is 42.5. The highest BCUT2D eigenvalue weighted by molar-refractivity contribution is 7.47. The van der Waals surface area contributed by atoms with Crippen LogP contribution in [0, 0.1) is 0 Å². The Kier molecular flexibility index (Phi) is 40.2. The molecule has 3 N–H and O–H groups in total. The van der Waals surface area contributed by atoms with Crippen LogP contribution in [0.3, 0.4) is 0 Å². The Bertz CT molecular complexity index is 1250. The van der Waals surface area contributed by atoms with Crippen LogP contribution >= 0.6 is 7.82 Å². The maximum atomic E-state index is 12.5. The zero-order valence-corrected chi connectivity index (χ0v) is 36.4. The highest BCUT2D eigenvalue weighted by Gasteiger charge is 2.25. The number of phosphoric acid groups is 1. The second-order valence-corrected chi connectivity index (χ2v) is 15.3. The molecule has 0 heterocycles. The molecule has 2 unspecified atom stereocenters. The summed E-state index contributed by atoms with van der Waals surface area (Å²) in [6, 6.07) is 0. The minimum absolute atomic E-state index is 0.0305. The molecule has 0 aromatic heterocycles. The summed E-state index contributed by atoms with van der Waals surface area (Å²) < 4.78 is 32.6. The van der Waals surface area contributed by atoms with Crippen molar-refractivity contribution in [1.82, 2.24) is 0 Å². The summed E-state index contributed by atoms with van der Waals surface area (Å²) in [6.07, 6.45) is 54.6. The predicted molar refractivity (Wildman–Crippen MR) is 238 cm³/mol. The molecule has 0 bridgehead atoms. The Morgan fingerprint density at radius 1 is 0.526 bits per heavy atom. The lowest BCUT2D eigenvalue weighted by Gasteiger charge is -2.19. The third-order valence-electron chi connectivity index (χ3n) is 8.46.